The number of aldehydes is 1. The van der Waals surface area contributed by atoms with Gasteiger partial charge in [-0.25, -0.2) is 0 Å². The monoisotopic (exact) mass is 217 g/mol. The fourth-order valence-corrected chi connectivity index (χ4v) is 1.81. The molecular formula is C8H8FNO3S. The number of benzene rings is 1. The van der Waals surface area contributed by atoms with E-state index in [0.717, 1.165) is 6.07 Å². The lowest BCUT2D eigenvalue weighted by atomic mass is 10.1. The van der Waals surface area contributed by atoms with Crippen molar-refractivity contribution in [2.24, 2.45) is 0 Å². The molecule has 14 heavy (non-hydrogen) atoms. The normalized spacial score (nSPS) is 11.3. The Kier molecular flexibility index (Phi) is 2.57. The molecule has 2 N–H and O–H groups in total. The summed E-state index contributed by atoms with van der Waals surface area (Å²) in [4.78, 5) is 9.82. The van der Waals surface area contributed by atoms with Gasteiger partial charge in [-0.2, -0.15) is 8.42 Å². The molecule has 0 aliphatic rings. The summed E-state index contributed by atoms with van der Waals surface area (Å²) < 4.78 is 34.0. The lowest BCUT2D eigenvalue weighted by molar-refractivity contribution is 0.112. The Morgan fingerprint density at radius 1 is 1.43 bits per heavy atom. The first-order valence-electron chi connectivity index (χ1n) is 3.66. The molecule has 0 unspecified atom stereocenters. The first-order valence-corrected chi connectivity index (χ1v) is 5.04. The Bertz CT molecular complexity index is 482. The van der Waals surface area contributed by atoms with E-state index in [1.54, 1.807) is 0 Å². The third-order valence-corrected chi connectivity index (χ3v) is 2.77. The third-order valence-electron chi connectivity index (χ3n) is 1.82. The Balaban J connectivity index is 3.58. The van der Waals surface area contributed by atoms with E-state index in [4.69, 9.17) is 5.73 Å². The highest BCUT2D eigenvalue weighted by Gasteiger charge is 2.17. The summed E-state index contributed by atoms with van der Waals surface area (Å²) in [6.07, 6.45) is 0.407. The summed E-state index contributed by atoms with van der Waals surface area (Å²) in [5, 5.41) is 0. The molecule has 6 heteroatoms. The topological polar surface area (TPSA) is 77.2 Å². The second-order valence-electron chi connectivity index (χ2n) is 2.79. The fraction of sp³-hybridized carbons (Fsp3) is 0.125. The molecule has 0 aromatic heterocycles. The molecule has 0 amide bonds. The van der Waals surface area contributed by atoms with Crippen molar-refractivity contribution >= 4 is 22.2 Å². The molecule has 4 nitrogen and oxygen atoms in total. The average molecular weight is 217 g/mol. The average Bonchev–Trinajstić information content (AvgIpc) is 2.07. The minimum absolute atomic E-state index is 0.0318. The van der Waals surface area contributed by atoms with Crippen LogP contribution in [-0.2, 0) is 10.2 Å². The van der Waals surface area contributed by atoms with E-state index in [9.17, 15) is 17.1 Å². The lowest BCUT2D eigenvalue weighted by Gasteiger charge is -2.05. The van der Waals surface area contributed by atoms with Crippen molar-refractivity contribution in [3.05, 3.63) is 23.3 Å². The van der Waals surface area contributed by atoms with Crippen LogP contribution in [0, 0.1) is 6.92 Å². The van der Waals surface area contributed by atoms with Crippen LogP contribution in [0.3, 0.4) is 0 Å². The van der Waals surface area contributed by atoms with Gasteiger partial charge in [-0.1, -0.05) is 0 Å². The Labute approximate surface area is 80.7 Å². The van der Waals surface area contributed by atoms with Gasteiger partial charge < -0.3 is 5.73 Å². The van der Waals surface area contributed by atoms with E-state index in [1.165, 1.54) is 13.0 Å². The molecular weight excluding hydrogens is 209 g/mol. The van der Waals surface area contributed by atoms with Gasteiger partial charge in [-0.05, 0) is 24.6 Å². The number of rotatable bonds is 2. The standard InChI is InChI=1S/C8H8FNO3S/c1-5-7(10)2-6(4-11)3-8(5)14(9,12)13/h2-4H,10H2,1H3. The molecule has 0 saturated carbocycles. The number of hydrogen-bond acceptors (Lipinski definition) is 4. The molecule has 0 radical (unpaired) electrons. The molecule has 0 atom stereocenters. The van der Waals surface area contributed by atoms with Gasteiger partial charge >= 0.3 is 10.2 Å². The zero-order chi connectivity index (χ0) is 10.9. The molecule has 0 saturated heterocycles. The van der Waals surface area contributed by atoms with Gasteiger partial charge in [-0.15, -0.1) is 3.89 Å². The van der Waals surface area contributed by atoms with E-state index in [0.29, 0.717) is 6.29 Å². The molecule has 0 spiro atoms. The first kappa shape index (κ1) is 10.6. The maximum atomic E-state index is 12.7. The highest BCUT2D eigenvalue weighted by molar-refractivity contribution is 7.86. The Morgan fingerprint density at radius 3 is 2.43 bits per heavy atom. The minimum atomic E-state index is -4.83. The second-order valence-corrected chi connectivity index (χ2v) is 4.10. The van der Waals surface area contributed by atoms with Gasteiger partial charge in [0.05, 0.1) is 0 Å². The summed E-state index contributed by atoms with van der Waals surface area (Å²) in [6, 6.07) is 2.24. The van der Waals surface area contributed by atoms with Crippen LogP contribution < -0.4 is 5.73 Å². The quantitative estimate of drug-likeness (QED) is 0.456. The third kappa shape index (κ3) is 1.90. The lowest BCUT2D eigenvalue weighted by Crippen LogP contribution is -2.01. The number of nitrogens with two attached hydrogens (primary N) is 1. The molecule has 0 fully saturated rings. The maximum absolute atomic E-state index is 12.7. The zero-order valence-electron chi connectivity index (χ0n) is 7.32. The van der Waals surface area contributed by atoms with Crippen LogP contribution in [0.4, 0.5) is 9.57 Å². The minimum Gasteiger partial charge on any atom is -0.398 e. The molecule has 0 bridgehead atoms. The molecule has 1 aromatic rings. The van der Waals surface area contributed by atoms with E-state index in [2.05, 4.69) is 0 Å². The highest BCUT2D eigenvalue weighted by Crippen LogP contribution is 2.23. The highest BCUT2D eigenvalue weighted by atomic mass is 32.3. The van der Waals surface area contributed by atoms with Crippen LogP contribution in [0.1, 0.15) is 15.9 Å². The molecule has 76 valence electrons. The number of hydrogen-bond donors (Lipinski definition) is 1. The Morgan fingerprint density at radius 2 is 2.00 bits per heavy atom. The van der Waals surface area contributed by atoms with Crippen LogP contribution in [0.15, 0.2) is 17.0 Å². The largest absolute Gasteiger partial charge is 0.398 e. The van der Waals surface area contributed by atoms with Crippen molar-refractivity contribution < 1.29 is 17.1 Å². The van der Waals surface area contributed by atoms with Crippen LogP contribution in [0.2, 0.25) is 0 Å². The van der Waals surface area contributed by atoms with Crippen molar-refractivity contribution in [2.75, 3.05) is 5.73 Å². The summed E-state index contributed by atoms with van der Waals surface area (Å²) in [5.74, 6) is 0. The SMILES string of the molecule is Cc1c(N)cc(C=O)cc1S(=O)(=O)F. The number of nitrogen functional groups attached to an aromatic ring is 1. The molecule has 1 aromatic carbocycles. The summed E-state index contributed by atoms with van der Waals surface area (Å²) in [5.41, 5.74) is 5.62. The van der Waals surface area contributed by atoms with Gasteiger partial charge in [0.2, 0.25) is 0 Å². The van der Waals surface area contributed by atoms with Gasteiger partial charge in [0.15, 0.2) is 0 Å². The summed E-state index contributed by atoms with van der Waals surface area (Å²) >= 11 is 0. The number of anilines is 1. The fourth-order valence-electron chi connectivity index (χ4n) is 1.05. The van der Waals surface area contributed by atoms with Gasteiger partial charge in [0.25, 0.3) is 0 Å². The molecule has 0 aliphatic heterocycles. The van der Waals surface area contributed by atoms with Gasteiger partial charge in [0, 0.05) is 11.3 Å². The van der Waals surface area contributed by atoms with E-state index in [-0.39, 0.29) is 16.8 Å². The Hall–Kier alpha value is -1.43. The molecule has 0 heterocycles. The predicted octanol–water partition coefficient (Wildman–Crippen LogP) is 1.05. The summed E-state index contributed by atoms with van der Waals surface area (Å²) in [7, 11) is -4.83. The van der Waals surface area contributed by atoms with Crippen LogP contribution in [0.5, 0.6) is 0 Å². The number of carbonyl (C=O) groups is 1. The van der Waals surface area contributed by atoms with Gasteiger partial charge in [0.1, 0.15) is 11.2 Å². The van der Waals surface area contributed by atoms with Crippen LogP contribution >= 0.6 is 0 Å². The van der Waals surface area contributed by atoms with Crippen molar-refractivity contribution in [2.45, 2.75) is 11.8 Å². The van der Waals surface area contributed by atoms with E-state index < -0.39 is 15.1 Å². The maximum Gasteiger partial charge on any atom is 0.332 e. The van der Waals surface area contributed by atoms with E-state index >= 15 is 0 Å². The summed E-state index contributed by atoms with van der Waals surface area (Å²) in [6.45, 7) is 1.37. The zero-order valence-corrected chi connectivity index (χ0v) is 8.14. The molecule has 0 aliphatic carbocycles. The van der Waals surface area contributed by atoms with Crippen molar-refractivity contribution in [1.29, 1.82) is 0 Å². The van der Waals surface area contributed by atoms with Crippen LogP contribution in [-0.4, -0.2) is 14.7 Å². The van der Waals surface area contributed by atoms with Crippen molar-refractivity contribution in [1.82, 2.24) is 0 Å². The number of halogens is 1. The van der Waals surface area contributed by atoms with Crippen LogP contribution in [0.25, 0.3) is 0 Å². The van der Waals surface area contributed by atoms with E-state index in [1.807, 2.05) is 0 Å². The van der Waals surface area contributed by atoms with Crippen molar-refractivity contribution in [3.63, 3.8) is 0 Å². The predicted molar refractivity (Wildman–Crippen MR) is 49.3 cm³/mol. The smallest absolute Gasteiger partial charge is 0.332 e. The number of carbonyl (C=O) groups excluding carboxylic acids is 1. The van der Waals surface area contributed by atoms with Crippen molar-refractivity contribution in [3.8, 4) is 0 Å². The molecule has 1 rings (SSSR count). The van der Waals surface area contributed by atoms with Gasteiger partial charge in [-0.3, -0.25) is 4.79 Å². The first-order chi connectivity index (χ1) is 6.36. The second kappa shape index (κ2) is 3.38.